The van der Waals surface area contributed by atoms with E-state index < -0.39 is 5.97 Å². The van der Waals surface area contributed by atoms with Crippen LogP contribution in [0.4, 0.5) is 5.13 Å². The average molecular weight is 296 g/mol. The van der Waals surface area contributed by atoms with Gasteiger partial charge in [-0.2, -0.15) is 0 Å². The van der Waals surface area contributed by atoms with E-state index in [-0.39, 0.29) is 0 Å². The molecule has 1 N–H and O–H groups in total. The smallest absolute Gasteiger partial charge is 0.347 e. The molecule has 0 aromatic carbocycles. The summed E-state index contributed by atoms with van der Waals surface area (Å²) in [7, 11) is 0. The van der Waals surface area contributed by atoms with Crippen LogP contribution < -0.4 is 4.90 Å². The second kappa shape index (κ2) is 5.69. The maximum Gasteiger partial charge on any atom is 0.347 e. The molecule has 1 saturated heterocycles. The van der Waals surface area contributed by atoms with Gasteiger partial charge < -0.3 is 14.7 Å². The summed E-state index contributed by atoms with van der Waals surface area (Å²) >= 11 is 1.32. The molecule has 2 fully saturated rings. The molecule has 1 aromatic heterocycles. The predicted octanol–water partition coefficient (Wildman–Crippen LogP) is 2.55. The van der Waals surface area contributed by atoms with Crippen LogP contribution in [-0.4, -0.2) is 41.4 Å². The van der Waals surface area contributed by atoms with Crippen molar-refractivity contribution in [3.63, 3.8) is 0 Å². The molecule has 1 aliphatic heterocycles. The minimum Gasteiger partial charge on any atom is -0.477 e. The number of hydrogen-bond acceptors (Lipinski definition) is 5. The largest absolute Gasteiger partial charge is 0.477 e. The molecular formula is C14H20N2O3S. The van der Waals surface area contributed by atoms with Crippen molar-refractivity contribution in [2.75, 3.05) is 18.1 Å². The van der Waals surface area contributed by atoms with Crippen LogP contribution >= 0.6 is 11.3 Å². The first-order chi connectivity index (χ1) is 9.70. The maximum absolute atomic E-state index is 11.3. The number of fused-ring (bicyclic) bond motifs is 1. The number of aromatic carboxylic acids is 1. The zero-order valence-electron chi connectivity index (χ0n) is 11.7. The van der Waals surface area contributed by atoms with Gasteiger partial charge in [0.05, 0.1) is 24.4 Å². The van der Waals surface area contributed by atoms with Gasteiger partial charge >= 0.3 is 5.97 Å². The molecule has 0 spiro atoms. The van der Waals surface area contributed by atoms with Crippen molar-refractivity contribution in [3.8, 4) is 0 Å². The predicted molar refractivity (Wildman–Crippen MR) is 77.8 cm³/mol. The molecule has 110 valence electrons. The Hall–Kier alpha value is -1.14. The maximum atomic E-state index is 11.3. The summed E-state index contributed by atoms with van der Waals surface area (Å²) in [6, 6.07) is 0.381. The molecule has 2 heterocycles. The second-order valence-electron chi connectivity index (χ2n) is 5.43. The van der Waals surface area contributed by atoms with Crippen LogP contribution in [0.3, 0.4) is 0 Å². The van der Waals surface area contributed by atoms with Crippen molar-refractivity contribution in [2.24, 2.45) is 0 Å². The Balaban J connectivity index is 1.89. The fourth-order valence-electron chi connectivity index (χ4n) is 3.20. The summed E-state index contributed by atoms with van der Waals surface area (Å²) in [5, 5.41) is 10.2. The molecule has 5 nitrogen and oxygen atoms in total. The van der Waals surface area contributed by atoms with E-state index in [1.165, 1.54) is 17.8 Å². The van der Waals surface area contributed by atoms with Crippen LogP contribution in [0, 0.1) is 0 Å². The highest BCUT2D eigenvalue weighted by atomic mass is 32.1. The Morgan fingerprint density at radius 2 is 2.40 bits per heavy atom. The van der Waals surface area contributed by atoms with E-state index in [0.717, 1.165) is 43.1 Å². The lowest BCUT2D eigenvalue weighted by Crippen LogP contribution is -2.48. The van der Waals surface area contributed by atoms with Crippen LogP contribution in [0.25, 0.3) is 0 Å². The van der Waals surface area contributed by atoms with Gasteiger partial charge in [-0.25, -0.2) is 9.78 Å². The lowest BCUT2D eigenvalue weighted by Gasteiger charge is -2.37. The lowest BCUT2D eigenvalue weighted by molar-refractivity contribution is 0.0256. The summed E-state index contributed by atoms with van der Waals surface area (Å²) in [5.41, 5.74) is 0.737. The summed E-state index contributed by atoms with van der Waals surface area (Å²) in [4.78, 5) is 18.6. The van der Waals surface area contributed by atoms with Crippen molar-refractivity contribution >= 4 is 22.4 Å². The molecule has 1 aliphatic carbocycles. The van der Waals surface area contributed by atoms with Crippen LogP contribution in [0.1, 0.15) is 48.0 Å². The molecular weight excluding hydrogens is 276 g/mol. The van der Waals surface area contributed by atoms with Gasteiger partial charge in [-0.3, -0.25) is 0 Å². The van der Waals surface area contributed by atoms with E-state index in [0.29, 0.717) is 23.6 Å². The number of carboxylic acid groups (broad SMARTS) is 1. The number of nitrogens with zero attached hydrogens (tertiary/aromatic N) is 2. The molecule has 2 unspecified atom stereocenters. The van der Waals surface area contributed by atoms with E-state index in [1.54, 1.807) is 0 Å². The van der Waals surface area contributed by atoms with Crippen molar-refractivity contribution in [1.29, 1.82) is 0 Å². The monoisotopic (exact) mass is 296 g/mol. The molecule has 0 radical (unpaired) electrons. The minimum atomic E-state index is -0.853. The zero-order valence-corrected chi connectivity index (χ0v) is 12.5. The number of morpholine rings is 1. The summed E-state index contributed by atoms with van der Waals surface area (Å²) in [5.74, 6) is -0.853. The van der Waals surface area contributed by atoms with E-state index in [1.807, 2.05) is 6.92 Å². The molecule has 0 bridgehead atoms. The standard InChI is InChI=1S/C14H20N2O3S/c1-2-4-9-12(13(17)18)20-14(15-9)16-7-8-19-11-6-3-5-10(11)16/h10-11H,2-8H2,1H3,(H,17,18). The minimum absolute atomic E-state index is 0.301. The lowest BCUT2D eigenvalue weighted by atomic mass is 10.1. The fourth-order valence-corrected chi connectivity index (χ4v) is 4.23. The Bertz CT molecular complexity index is 503. The summed E-state index contributed by atoms with van der Waals surface area (Å²) in [6.45, 7) is 3.58. The summed E-state index contributed by atoms with van der Waals surface area (Å²) in [6.07, 6.45) is 5.37. The van der Waals surface area contributed by atoms with E-state index >= 15 is 0 Å². The quantitative estimate of drug-likeness (QED) is 0.925. The molecule has 3 rings (SSSR count). The molecule has 20 heavy (non-hydrogen) atoms. The molecule has 1 saturated carbocycles. The fraction of sp³-hybridized carbons (Fsp3) is 0.714. The van der Waals surface area contributed by atoms with E-state index in [4.69, 9.17) is 4.74 Å². The molecule has 1 aromatic rings. The highest BCUT2D eigenvalue weighted by Gasteiger charge is 2.37. The Labute approximate surface area is 122 Å². The number of aryl methyl sites for hydroxylation is 1. The van der Waals surface area contributed by atoms with Gasteiger partial charge in [-0.15, -0.1) is 0 Å². The Morgan fingerprint density at radius 1 is 1.55 bits per heavy atom. The van der Waals surface area contributed by atoms with Gasteiger partial charge in [0, 0.05) is 6.54 Å². The number of carbonyl (C=O) groups is 1. The Kier molecular flexibility index (Phi) is 3.94. The van der Waals surface area contributed by atoms with Crippen LogP contribution in [0.5, 0.6) is 0 Å². The normalized spacial score (nSPS) is 25.8. The van der Waals surface area contributed by atoms with Gasteiger partial charge in [0.15, 0.2) is 5.13 Å². The molecule has 0 amide bonds. The van der Waals surface area contributed by atoms with Crippen molar-refractivity contribution in [3.05, 3.63) is 10.6 Å². The number of ether oxygens (including phenoxy) is 1. The number of aromatic nitrogens is 1. The number of carboxylic acids is 1. The van der Waals surface area contributed by atoms with Gasteiger partial charge in [0.25, 0.3) is 0 Å². The van der Waals surface area contributed by atoms with Crippen molar-refractivity contribution < 1.29 is 14.6 Å². The van der Waals surface area contributed by atoms with E-state index in [2.05, 4.69) is 9.88 Å². The highest BCUT2D eigenvalue weighted by Crippen LogP contribution is 2.36. The highest BCUT2D eigenvalue weighted by molar-refractivity contribution is 7.17. The third kappa shape index (κ3) is 2.42. The van der Waals surface area contributed by atoms with Crippen molar-refractivity contribution in [2.45, 2.75) is 51.2 Å². The Morgan fingerprint density at radius 3 is 3.15 bits per heavy atom. The van der Waals surface area contributed by atoms with Crippen molar-refractivity contribution in [1.82, 2.24) is 4.98 Å². The first kappa shape index (κ1) is 13.8. The van der Waals surface area contributed by atoms with Crippen LogP contribution in [-0.2, 0) is 11.2 Å². The third-order valence-corrected chi connectivity index (χ3v) is 5.22. The second-order valence-corrected chi connectivity index (χ2v) is 6.41. The number of hydrogen-bond donors (Lipinski definition) is 1. The SMILES string of the molecule is CCCc1nc(N2CCOC3CCCC32)sc1C(=O)O. The molecule has 6 heteroatoms. The zero-order chi connectivity index (χ0) is 14.1. The summed E-state index contributed by atoms with van der Waals surface area (Å²) < 4.78 is 5.80. The first-order valence-corrected chi connectivity index (χ1v) is 8.13. The van der Waals surface area contributed by atoms with Crippen LogP contribution in [0.2, 0.25) is 0 Å². The third-order valence-electron chi connectivity index (χ3n) is 4.09. The average Bonchev–Trinajstić information content (AvgIpc) is 3.04. The number of rotatable bonds is 4. The topological polar surface area (TPSA) is 62.7 Å². The van der Waals surface area contributed by atoms with Gasteiger partial charge in [-0.05, 0) is 25.7 Å². The van der Waals surface area contributed by atoms with Crippen LogP contribution in [0.15, 0.2) is 0 Å². The van der Waals surface area contributed by atoms with Gasteiger partial charge in [0.2, 0.25) is 0 Å². The number of anilines is 1. The van der Waals surface area contributed by atoms with Gasteiger partial charge in [0.1, 0.15) is 4.88 Å². The number of thiazole rings is 1. The van der Waals surface area contributed by atoms with E-state index in [9.17, 15) is 9.90 Å². The molecule has 2 atom stereocenters. The van der Waals surface area contributed by atoms with Gasteiger partial charge in [-0.1, -0.05) is 24.7 Å². The first-order valence-electron chi connectivity index (χ1n) is 7.32. The molecule has 2 aliphatic rings.